The minimum atomic E-state index is -0.864. The smallest absolute Gasteiger partial charge is 0.124 e. The van der Waals surface area contributed by atoms with Crippen LogP contribution in [0.4, 0.5) is 4.39 Å². The minimum Gasteiger partial charge on any atom is -0.388 e. The van der Waals surface area contributed by atoms with Crippen LogP contribution in [0.5, 0.6) is 0 Å². The van der Waals surface area contributed by atoms with Gasteiger partial charge in [-0.1, -0.05) is 41.4 Å². The fourth-order valence-corrected chi connectivity index (χ4v) is 2.88. The van der Waals surface area contributed by atoms with Gasteiger partial charge in [0.2, 0.25) is 0 Å². The molecule has 3 N–H and O–H groups in total. The zero-order valence-corrected chi connectivity index (χ0v) is 13.0. The maximum Gasteiger partial charge on any atom is 0.124 e. The van der Waals surface area contributed by atoms with Gasteiger partial charge in [-0.3, -0.25) is 0 Å². The van der Waals surface area contributed by atoms with E-state index in [2.05, 4.69) is 0 Å². The summed E-state index contributed by atoms with van der Waals surface area (Å²) < 4.78 is 13.2. The summed E-state index contributed by atoms with van der Waals surface area (Å²) in [5, 5.41) is 11.5. The lowest BCUT2D eigenvalue weighted by Crippen LogP contribution is -2.21. The molecule has 0 saturated carbocycles. The monoisotopic (exact) mass is 327 g/mol. The molecule has 0 aromatic heterocycles. The maximum absolute atomic E-state index is 13.2. The van der Waals surface area contributed by atoms with Crippen LogP contribution in [0.2, 0.25) is 10.0 Å². The normalized spacial score (nSPS) is 14.0. The lowest BCUT2D eigenvalue weighted by atomic mass is 9.87. The van der Waals surface area contributed by atoms with Gasteiger partial charge in [-0.05, 0) is 41.8 Å². The molecule has 2 aromatic carbocycles. The van der Waals surface area contributed by atoms with Gasteiger partial charge in [0.1, 0.15) is 5.82 Å². The standard InChI is InChI=1S/C16H16Cl2FNO/c1-9-11(3-2-4-14(9)17)16(21)13(8-20)12-6-5-10(19)7-15(12)18/h2-7,13,16,21H,8,20H2,1H3. The van der Waals surface area contributed by atoms with Crippen molar-refractivity contribution >= 4 is 23.2 Å². The molecule has 0 radical (unpaired) electrons. The minimum absolute atomic E-state index is 0.179. The largest absolute Gasteiger partial charge is 0.388 e. The molecule has 2 atom stereocenters. The first kappa shape index (κ1) is 16.2. The first-order valence-corrected chi connectivity index (χ1v) is 7.29. The molecule has 2 nitrogen and oxygen atoms in total. The highest BCUT2D eigenvalue weighted by Gasteiger charge is 2.25. The number of nitrogens with two attached hydrogens (primary N) is 1. The van der Waals surface area contributed by atoms with Gasteiger partial charge < -0.3 is 10.8 Å². The molecule has 0 spiro atoms. The van der Waals surface area contributed by atoms with Gasteiger partial charge in [-0.15, -0.1) is 0 Å². The number of halogens is 3. The van der Waals surface area contributed by atoms with E-state index in [4.69, 9.17) is 28.9 Å². The summed E-state index contributed by atoms with van der Waals surface area (Å²) >= 11 is 12.2. The predicted octanol–water partition coefficient (Wildman–Crippen LogP) is 4.22. The molecule has 0 aliphatic rings. The molecule has 112 valence electrons. The third-order valence-electron chi connectivity index (χ3n) is 3.63. The summed E-state index contributed by atoms with van der Waals surface area (Å²) in [5.41, 5.74) is 7.90. The van der Waals surface area contributed by atoms with Crippen molar-refractivity contribution in [3.63, 3.8) is 0 Å². The molecular formula is C16H16Cl2FNO. The SMILES string of the molecule is Cc1c(Cl)cccc1C(O)C(CN)c1ccc(F)cc1Cl. The lowest BCUT2D eigenvalue weighted by Gasteiger charge is -2.25. The van der Waals surface area contributed by atoms with Crippen LogP contribution in [0.3, 0.4) is 0 Å². The van der Waals surface area contributed by atoms with E-state index in [9.17, 15) is 9.50 Å². The van der Waals surface area contributed by atoms with Crippen LogP contribution in [0.15, 0.2) is 36.4 Å². The van der Waals surface area contributed by atoms with E-state index in [0.29, 0.717) is 16.1 Å². The third kappa shape index (κ3) is 3.38. The Balaban J connectivity index is 2.43. The Morgan fingerprint density at radius 2 is 1.86 bits per heavy atom. The van der Waals surface area contributed by atoms with Gasteiger partial charge in [0.15, 0.2) is 0 Å². The van der Waals surface area contributed by atoms with Gasteiger partial charge in [0.05, 0.1) is 6.10 Å². The average Bonchev–Trinajstić information content (AvgIpc) is 2.44. The number of benzene rings is 2. The summed E-state index contributed by atoms with van der Waals surface area (Å²) in [6, 6.07) is 9.41. The molecule has 0 heterocycles. The molecule has 0 aliphatic heterocycles. The molecule has 0 aliphatic carbocycles. The highest BCUT2D eigenvalue weighted by molar-refractivity contribution is 6.31. The molecule has 2 rings (SSSR count). The van der Waals surface area contributed by atoms with Gasteiger partial charge in [-0.2, -0.15) is 0 Å². The average molecular weight is 328 g/mol. The van der Waals surface area contributed by atoms with Crippen LogP contribution in [-0.2, 0) is 0 Å². The van der Waals surface area contributed by atoms with E-state index in [0.717, 1.165) is 5.56 Å². The second kappa shape index (κ2) is 6.75. The Labute approximate surface area is 133 Å². The lowest BCUT2D eigenvalue weighted by molar-refractivity contribution is 0.147. The third-order valence-corrected chi connectivity index (χ3v) is 4.36. The first-order valence-electron chi connectivity index (χ1n) is 6.53. The fourth-order valence-electron chi connectivity index (χ4n) is 2.39. The zero-order chi connectivity index (χ0) is 15.6. The second-order valence-corrected chi connectivity index (χ2v) is 5.72. The van der Waals surface area contributed by atoms with E-state index in [1.165, 1.54) is 12.1 Å². The molecule has 0 saturated heterocycles. The molecule has 2 unspecified atom stereocenters. The fraction of sp³-hybridized carbons (Fsp3) is 0.250. The van der Waals surface area contributed by atoms with E-state index in [1.54, 1.807) is 24.3 Å². The van der Waals surface area contributed by atoms with Crippen molar-refractivity contribution in [3.8, 4) is 0 Å². The molecule has 0 bridgehead atoms. The highest BCUT2D eigenvalue weighted by atomic mass is 35.5. The maximum atomic E-state index is 13.2. The Bertz CT molecular complexity index is 648. The summed E-state index contributed by atoms with van der Waals surface area (Å²) in [4.78, 5) is 0. The molecular weight excluding hydrogens is 312 g/mol. The van der Waals surface area contributed by atoms with E-state index in [1.807, 2.05) is 6.92 Å². The summed E-state index contributed by atoms with van der Waals surface area (Å²) in [6.45, 7) is 2.01. The zero-order valence-electron chi connectivity index (χ0n) is 11.5. The van der Waals surface area contributed by atoms with Crippen LogP contribution < -0.4 is 5.73 Å². The molecule has 0 amide bonds. The van der Waals surface area contributed by atoms with Gasteiger partial charge in [0.25, 0.3) is 0 Å². The quantitative estimate of drug-likeness (QED) is 0.883. The van der Waals surface area contributed by atoms with Crippen molar-refractivity contribution in [1.29, 1.82) is 0 Å². The van der Waals surface area contributed by atoms with Gasteiger partial charge in [0, 0.05) is 22.5 Å². The van der Waals surface area contributed by atoms with Gasteiger partial charge >= 0.3 is 0 Å². The number of hydrogen-bond donors (Lipinski definition) is 2. The predicted molar refractivity (Wildman–Crippen MR) is 84.4 cm³/mol. The van der Waals surface area contributed by atoms with Crippen LogP contribution in [-0.4, -0.2) is 11.7 Å². The Morgan fingerprint density at radius 1 is 1.14 bits per heavy atom. The van der Waals surface area contributed by atoms with E-state index < -0.39 is 17.8 Å². The molecule has 21 heavy (non-hydrogen) atoms. The number of hydrogen-bond acceptors (Lipinski definition) is 2. The summed E-state index contributed by atoms with van der Waals surface area (Å²) in [7, 11) is 0. The first-order chi connectivity index (χ1) is 9.95. The molecule has 0 fully saturated rings. The Morgan fingerprint density at radius 3 is 2.48 bits per heavy atom. The van der Waals surface area contributed by atoms with Crippen LogP contribution in [0.1, 0.15) is 28.7 Å². The topological polar surface area (TPSA) is 46.2 Å². The van der Waals surface area contributed by atoms with Crippen molar-refractivity contribution in [3.05, 3.63) is 69.0 Å². The second-order valence-electron chi connectivity index (χ2n) is 4.91. The van der Waals surface area contributed by atoms with Crippen LogP contribution in [0, 0.1) is 12.7 Å². The van der Waals surface area contributed by atoms with E-state index in [-0.39, 0.29) is 11.6 Å². The van der Waals surface area contributed by atoms with Crippen LogP contribution >= 0.6 is 23.2 Å². The summed E-state index contributed by atoms with van der Waals surface area (Å²) in [6.07, 6.45) is -0.864. The molecule has 5 heteroatoms. The highest BCUT2D eigenvalue weighted by Crippen LogP contribution is 2.36. The van der Waals surface area contributed by atoms with Crippen molar-refractivity contribution in [1.82, 2.24) is 0 Å². The molecule has 2 aromatic rings. The van der Waals surface area contributed by atoms with Crippen molar-refractivity contribution in [2.75, 3.05) is 6.54 Å². The van der Waals surface area contributed by atoms with Crippen molar-refractivity contribution < 1.29 is 9.50 Å². The van der Waals surface area contributed by atoms with Crippen molar-refractivity contribution in [2.45, 2.75) is 18.9 Å². The number of rotatable bonds is 4. The Hall–Kier alpha value is -1.13. The van der Waals surface area contributed by atoms with E-state index >= 15 is 0 Å². The Kier molecular flexibility index (Phi) is 5.22. The van der Waals surface area contributed by atoms with Gasteiger partial charge in [-0.25, -0.2) is 4.39 Å². The van der Waals surface area contributed by atoms with Crippen LogP contribution in [0.25, 0.3) is 0 Å². The van der Waals surface area contributed by atoms with Crippen molar-refractivity contribution in [2.24, 2.45) is 5.73 Å². The number of aliphatic hydroxyl groups is 1. The summed E-state index contributed by atoms with van der Waals surface area (Å²) in [5.74, 6) is -0.858. The number of aliphatic hydroxyl groups excluding tert-OH is 1.